The van der Waals surface area contributed by atoms with E-state index in [1.54, 1.807) is 17.2 Å². The van der Waals surface area contributed by atoms with E-state index in [9.17, 15) is 4.79 Å². The van der Waals surface area contributed by atoms with Gasteiger partial charge in [-0.2, -0.15) is 0 Å². The molecule has 2 aromatic rings. The third-order valence-electron chi connectivity index (χ3n) is 4.13. The van der Waals surface area contributed by atoms with E-state index in [2.05, 4.69) is 14.9 Å². The van der Waals surface area contributed by atoms with E-state index < -0.39 is 0 Å². The molecule has 0 radical (unpaired) electrons. The highest BCUT2D eigenvalue weighted by atomic mass is 16.2. The monoisotopic (exact) mass is 310 g/mol. The van der Waals surface area contributed by atoms with Gasteiger partial charge in [-0.1, -0.05) is 12.1 Å². The maximum Gasteiger partial charge on any atom is 0.277 e. The molecule has 2 heterocycles. The maximum absolute atomic E-state index is 12.9. The molecule has 0 N–H and O–H groups in total. The van der Waals surface area contributed by atoms with Crippen LogP contribution < -0.4 is 9.80 Å². The molecule has 0 spiro atoms. The standard InChI is InChI=1S/C18H22N4O/c1-3-22(15-8-6-7-14(2)13-15)17(23)16-9-10-19-18(20-16)21-11-4-5-12-21/h6-10,13H,3-5,11-12H2,1-2H3. The number of carbonyl (C=O) groups is 1. The van der Waals surface area contributed by atoms with Crippen molar-refractivity contribution in [1.29, 1.82) is 0 Å². The van der Waals surface area contributed by atoms with E-state index in [4.69, 9.17) is 0 Å². The first kappa shape index (κ1) is 15.5. The van der Waals surface area contributed by atoms with Crippen molar-refractivity contribution in [2.24, 2.45) is 0 Å². The molecule has 1 fully saturated rings. The number of aromatic nitrogens is 2. The van der Waals surface area contributed by atoms with Gasteiger partial charge < -0.3 is 9.80 Å². The molecule has 0 bridgehead atoms. The molecule has 120 valence electrons. The fourth-order valence-electron chi connectivity index (χ4n) is 2.91. The van der Waals surface area contributed by atoms with Crippen LogP contribution >= 0.6 is 0 Å². The molecule has 23 heavy (non-hydrogen) atoms. The van der Waals surface area contributed by atoms with Crippen LogP contribution in [0.1, 0.15) is 35.8 Å². The van der Waals surface area contributed by atoms with Crippen LogP contribution in [0, 0.1) is 6.92 Å². The van der Waals surface area contributed by atoms with Crippen molar-refractivity contribution >= 4 is 17.5 Å². The fourth-order valence-corrected chi connectivity index (χ4v) is 2.91. The number of hydrogen-bond donors (Lipinski definition) is 0. The zero-order valence-corrected chi connectivity index (χ0v) is 13.7. The van der Waals surface area contributed by atoms with Gasteiger partial charge in [0.05, 0.1) is 0 Å². The summed E-state index contributed by atoms with van der Waals surface area (Å²) in [5.74, 6) is 0.578. The van der Waals surface area contributed by atoms with Crippen LogP contribution in [0.2, 0.25) is 0 Å². The number of rotatable bonds is 4. The van der Waals surface area contributed by atoms with E-state index in [0.29, 0.717) is 18.2 Å². The Morgan fingerprint density at radius 3 is 2.74 bits per heavy atom. The van der Waals surface area contributed by atoms with Gasteiger partial charge in [0.15, 0.2) is 0 Å². The highest BCUT2D eigenvalue weighted by molar-refractivity contribution is 6.04. The van der Waals surface area contributed by atoms with Gasteiger partial charge >= 0.3 is 0 Å². The van der Waals surface area contributed by atoms with Gasteiger partial charge in [0, 0.05) is 31.5 Å². The number of nitrogens with zero attached hydrogens (tertiary/aromatic N) is 4. The Morgan fingerprint density at radius 1 is 1.26 bits per heavy atom. The summed E-state index contributed by atoms with van der Waals surface area (Å²) in [7, 11) is 0. The van der Waals surface area contributed by atoms with Crippen LogP contribution in [0.3, 0.4) is 0 Å². The summed E-state index contributed by atoms with van der Waals surface area (Å²) in [6.45, 7) is 6.53. The van der Waals surface area contributed by atoms with Gasteiger partial charge in [-0.05, 0) is 50.5 Å². The predicted octanol–water partition coefficient (Wildman–Crippen LogP) is 3.05. The smallest absolute Gasteiger partial charge is 0.277 e. The van der Waals surface area contributed by atoms with Gasteiger partial charge in [0.25, 0.3) is 5.91 Å². The second kappa shape index (κ2) is 6.77. The molecular weight excluding hydrogens is 288 g/mol. The largest absolute Gasteiger partial charge is 0.341 e. The Labute approximate surface area is 137 Å². The number of amides is 1. The molecule has 1 aliphatic heterocycles. The summed E-state index contributed by atoms with van der Waals surface area (Å²) in [4.78, 5) is 25.6. The lowest BCUT2D eigenvalue weighted by molar-refractivity contribution is 0.0983. The van der Waals surface area contributed by atoms with Gasteiger partial charge in [-0.3, -0.25) is 4.79 Å². The molecular formula is C18H22N4O. The minimum Gasteiger partial charge on any atom is -0.341 e. The molecule has 1 amide bonds. The second-order valence-electron chi connectivity index (χ2n) is 5.82. The molecule has 0 saturated carbocycles. The summed E-state index contributed by atoms with van der Waals surface area (Å²) >= 11 is 0. The van der Waals surface area contributed by atoms with Gasteiger partial charge in [0.1, 0.15) is 5.69 Å². The van der Waals surface area contributed by atoms with Crippen molar-refractivity contribution in [3.63, 3.8) is 0 Å². The van der Waals surface area contributed by atoms with E-state index >= 15 is 0 Å². The second-order valence-corrected chi connectivity index (χ2v) is 5.82. The third kappa shape index (κ3) is 3.33. The average molecular weight is 310 g/mol. The minimum atomic E-state index is -0.0825. The number of anilines is 2. The zero-order valence-electron chi connectivity index (χ0n) is 13.7. The topological polar surface area (TPSA) is 49.3 Å². The Hall–Kier alpha value is -2.43. The SMILES string of the molecule is CCN(C(=O)c1ccnc(N2CCCC2)n1)c1cccc(C)c1. The predicted molar refractivity (Wildman–Crippen MR) is 92.0 cm³/mol. The average Bonchev–Trinajstić information content (AvgIpc) is 3.10. The Bertz CT molecular complexity index is 695. The van der Waals surface area contributed by atoms with Crippen LogP contribution in [0.5, 0.6) is 0 Å². The maximum atomic E-state index is 12.9. The normalized spacial score (nSPS) is 14.1. The molecule has 1 aromatic carbocycles. The van der Waals surface area contributed by atoms with Crippen LogP contribution in [0.4, 0.5) is 11.6 Å². The Morgan fingerprint density at radius 2 is 2.04 bits per heavy atom. The molecule has 0 atom stereocenters. The molecule has 0 aliphatic carbocycles. The summed E-state index contributed by atoms with van der Waals surface area (Å²) in [6.07, 6.45) is 4.00. The van der Waals surface area contributed by atoms with E-state index in [0.717, 1.165) is 37.2 Å². The number of carbonyl (C=O) groups excluding carboxylic acids is 1. The number of benzene rings is 1. The zero-order chi connectivity index (χ0) is 16.2. The van der Waals surface area contributed by atoms with Crippen molar-refractivity contribution in [2.45, 2.75) is 26.7 Å². The molecule has 3 rings (SSSR count). The summed E-state index contributed by atoms with van der Waals surface area (Å²) in [6, 6.07) is 9.66. The quantitative estimate of drug-likeness (QED) is 0.871. The van der Waals surface area contributed by atoms with Crippen LogP contribution in [0.15, 0.2) is 36.5 Å². The fraction of sp³-hybridized carbons (Fsp3) is 0.389. The van der Waals surface area contributed by atoms with Gasteiger partial charge in [-0.25, -0.2) is 9.97 Å². The highest BCUT2D eigenvalue weighted by Gasteiger charge is 2.20. The Kier molecular flexibility index (Phi) is 4.55. The first-order chi connectivity index (χ1) is 11.2. The third-order valence-corrected chi connectivity index (χ3v) is 4.13. The van der Waals surface area contributed by atoms with Crippen molar-refractivity contribution in [3.8, 4) is 0 Å². The van der Waals surface area contributed by atoms with Crippen molar-refractivity contribution < 1.29 is 4.79 Å². The number of aryl methyl sites for hydroxylation is 1. The van der Waals surface area contributed by atoms with Crippen molar-refractivity contribution in [1.82, 2.24) is 9.97 Å². The van der Waals surface area contributed by atoms with Gasteiger partial charge in [-0.15, -0.1) is 0 Å². The first-order valence-corrected chi connectivity index (χ1v) is 8.15. The summed E-state index contributed by atoms with van der Waals surface area (Å²) in [5.41, 5.74) is 2.48. The molecule has 1 aliphatic rings. The molecule has 0 unspecified atom stereocenters. The Balaban J connectivity index is 1.87. The molecule has 1 saturated heterocycles. The van der Waals surface area contributed by atoms with Crippen molar-refractivity contribution in [2.75, 3.05) is 29.4 Å². The van der Waals surface area contributed by atoms with Crippen LogP contribution in [-0.2, 0) is 0 Å². The van der Waals surface area contributed by atoms with E-state index in [1.807, 2.05) is 38.1 Å². The summed E-state index contributed by atoms with van der Waals surface area (Å²) in [5, 5.41) is 0. The van der Waals surface area contributed by atoms with Crippen molar-refractivity contribution in [3.05, 3.63) is 47.8 Å². The highest BCUT2D eigenvalue weighted by Crippen LogP contribution is 2.20. The first-order valence-electron chi connectivity index (χ1n) is 8.15. The van der Waals surface area contributed by atoms with Crippen LogP contribution in [-0.4, -0.2) is 35.5 Å². The van der Waals surface area contributed by atoms with Gasteiger partial charge in [0.2, 0.25) is 5.95 Å². The summed E-state index contributed by atoms with van der Waals surface area (Å²) < 4.78 is 0. The molecule has 5 nitrogen and oxygen atoms in total. The lowest BCUT2D eigenvalue weighted by atomic mass is 10.2. The van der Waals surface area contributed by atoms with Crippen LogP contribution in [0.25, 0.3) is 0 Å². The lowest BCUT2D eigenvalue weighted by Gasteiger charge is -2.22. The number of hydrogen-bond acceptors (Lipinski definition) is 4. The van der Waals surface area contributed by atoms with E-state index in [1.165, 1.54) is 0 Å². The molecule has 5 heteroatoms. The minimum absolute atomic E-state index is 0.0825. The van der Waals surface area contributed by atoms with E-state index in [-0.39, 0.29) is 5.91 Å². The lowest BCUT2D eigenvalue weighted by Crippen LogP contribution is -2.32. The molecule has 1 aromatic heterocycles.